The number of hydrogen-bond donors (Lipinski definition) is 2. The molecule has 9 heteroatoms. The van der Waals surface area contributed by atoms with Crippen LogP contribution < -0.4 is 15.8 Å². The Morgan fingerprint density at radius 1 is 1.09 bits per heavy atom. The fourth-order valence-corrected chi connectivity index (χ4v) is 5.60. The average Bonchev–Trinajstić information content (AvgIpc) is 3.41. The Labute approximate surface area is 209 Å². The Kier molecular flexibility index (Phi) is 6.10. The molecule has 3 heterocycles. The van der Waals surface area contributed by atoms with Crippen molar-refractivity contribution in [1.82, 2.24) is 4.98 Å². The van der Waals surface area contributed by atoms with E-state index in [1.165, 1.54) is 17.6 Å². The van der Waals surface area contributed by atoms with Crippen molar-refractivity contribution < 1.29 is 14.3 Å². The van der Waals surface area contributed by atoms with Crippen molar-refractivity contribution in [3.63, 3.8) is 0 Å². The Morgan fingerprint density at radius 2 is 1.91 bits per heavy atom. The molecule has 3 aromatic heterocycles. The number of rotatable bonds is 6. The van der Waals surface area contributed by atoms with Crippen LogP contribution >= 0.6 is 22.7 Å². The number of phenolic OH excluding ortho intramolecular Hbond substituents is 1. The topological polar surface area (TPSA) is 97.0 Å². The molecule has 0 radical (unpaired) electrons. The molecule has 0 bridgehead atoms. The standard InChI is InChI=1S/C26H21N3O4S2/c1-14-10-19(15(2)34-14)23-24(20-12-16-6-4-5-7-22(16)33-25(20)31)35-26(28-23)29-27-13-17-11-18(32-3)8-9-21(17)30/h4-13,30H,1-3H3,(H,28,29). The summed E-state index contributed by atoms with van der Waals surface area (Å²) in [5.74, 6) is 0.685. The summed E-state index contributed by atoms with van der Waals surface area (Å²) in [4.78, 5) is 20.7. The van der Waals surface area contributed by atoms with Crippen molar-refractivity contribution in [2.45, 2.75) is 13.8 Å². The summed E-state index contributed by atoms with van der Waals surface area (Å²) in [5, 5.41) is 15.7. The predicted molar refractivity (Wildman–Crippen MR) is 142 cm³/mol. The lowest BCUT2D eigenvalue weighted by atomic mass is 10.1. The molecule has 5 aromatic rings. The molecule has 0 aliphatic heterocycles. The van der Waals surface area contributed by atoms with Crippen LogP contribution in [-0.4, -0.2) is 23.4 Å². The molecule has 0 saturated carbocycles. The van der Waals surface area contributed by atoms with Crippen molar-refractivity contribution in [3.8, 4) is 33.2 Å². The molecule has 2 N–H and O–H groups in total. The van der Waals surface area contributed by atoms with Gasteiger partial charge in [-0.05, 0) is 50.2 Å². The number of thiophene rings is 1. The predicted octanol–water partition coefficient (Wildman–Crippen LogP) is 6.42. The van der Waals surface area contributed by atoms with Gasteiger partial charge in [0.1, 0.15) is 17.1 Å². The molecule has 176 valence electrons. The highest BCUT2D eigenvalue weighted by Gasteiger charge is 2.21. The van der Waals surface area contributed by atoms with E-state index in [0.29, 0.717) is 38.2 Å². The molecule has 7 nitrogen and oxygen atoms in total. The maximum absolute atomic E-state index is 12.9. The number of nitrogens with zero attached hydrogens (tertiary/aromatic N) is 2. The highest BCUT2D eigenvalue weighted by molar-refractivity contribution is 7.19. The van der Waals surface area contributed by atoms with Crippen LogP contribution in [0.5, 0.6) is 11.5 Å². The van der Waals surface area contributed by atoms with Crippen LogP contribution in [0.2, 0.25) is 0 Å². The first-order valence-corrected chi connectivity index (χ1v) is 12.3. The molecule has 5 rings (SSSR count). The van der Waals surface area contributed by atoms with Gasteiger partial charge in [-0.3, -0.25) is 5.43 Å². The number of aryl methyl sites for hydroxylation is 2. The van der Waals surface area contributed by atoms with Gasteiger partial charge in [-0.2, -0.15) is 5.10 Å². The smallest absolute Gasteiger partial charge is 0.345 e. The van der Waals surface area contributed by atoms with E-state index in [9.17, 15) is 9.90 Å². The second kappa shape index (κ2) is 9.36. The number of para-hydroxylation sites is 1. The van der Waals surface area contributed by atoms with Gasteiger partial charge in [-0.15, -0.1) is 11.3 Å². The number of ether oxygens (including phenoxy) is 1. The van der Waals surface area contributed by atoms with E-state index < -0.39 is 5.63 Å². The normalized spacial score (nSPS) is 11.4. The van der Waals surface area contributed by atoms with Gasteiger partial charge >= 0.3 is 5.63 Å². The maximum Gasteiger partial charge on any atom is 0.345 e. The Morgan fingerprint density at radius 3 is 2.69 bits per heavy atom. The lowest BCUT2D eigenvalue weighted by Crippen LogP contribution is -2.02. The lowest BCUT2D eigenvalue weighted by Gasteiger charge is -2.03. The summed E-state index contributed by atoms with van der Waals surface area (Å²) in [6.07, 6.45) is 1.49. The molecule has 0 spiro atoms. The number of aromatic nitrogens is 1. The van der Waals surface area contributed by atoms with Gasteiger partial charge in [0.25, 0.3) is 0 Å². The van der Waals surface area contributed by atoms with Crippen LogP contribution in [0.1, 0.15) is 15.3 Å². The van der Waals surface area contributed by atoms with Crippen LogP contribution in [0.4, 0.5) is 5.13 Å². The van der Waals surface area contributed by atoms with E-state index in [1.54, 1.807) is 42.7 Å². The molecule has 2 aromatic carbocycles. The van der Waals surface area contributed by atoms with Crippen LogP contribution in [0.25, 0.3) is 32.7 Å². The van der Waals surface area contributed by atoms with E-state index in [1.807, 2.05) is 38.1 Å². The summed E-state index contributed by atoms with van der Waals surface area (Å²) in [6.45, 7) is 4.08. The molecule has 0 atom stereocenters. The Bertz CT molecular complexity index is 1630. The zero-order valence-electron chi connectivity index (χ0n) is 19.2. The second-order valence-corrected chi connectivity index (χ2v) is 10.3. The van der Waals surface area contributed by atoms with Crippen molar-refractivity contribution in [2.75, 3.05) is 12.5 Å². The number of nitrogens with one attached hydrogen (secondary N) is 1. The van der Waals surface area contributed by atoms with Crippen LogP contribution in [0.15, 0.2) is 68.9 Å². The summed E-state index contributed by atoms with van der Waals surface area (Å²) >= 11 is 2.99. The number of thiazole rings is 1. The Balaban J connectivity index is 1.57. The third-order valence-corrected chi connectivity index (χ3v) is 7.37. The minimum Gasteiger partial charge on any atom is -0.507 e. The molecule has 0 fully saturated rings. The van der Waals surface area contributed by atoms with Crippen molar-refractivity contribution >= 4 is 45.0 Å². The fourth-order valence-electron chi connectivity index (χ4n) is 3.74. The third kappa shape index (κ3) is 4.55. The molecule has 0 aliphatic carbocycles. The van der Waals surface area contributed by atoms with E-state index >= 15 is 0 Å². The number of aromatic hydroxyl groups is 1. The van der Waals surface area contributed by atoms with Gasteiger partial charge in [0, 0.05) is 26.3 Å². The Hall–Kier alpha value is -3.95. The van der Waals surface area contributed by atoms with E-state index in [2.05, 4.69) is 16.6 Å². The van der Waals surface area contributed by atoms with Crippen LogP contribution in [0.3, 0.4) is 0 Å². The van der Waals surface area contributed by atoms with Crippen molar-refractivity contribution in [3.05, 3.63) is 80.3 Å². The van der Waals surface area contributed by atoms with Gasteiger partial charge < -0.3 is 14.3 Å². The number of anilines is 1. The SMILES string of the molecule is COc1ccc(O)c(C=NNc2nc(-c3cc(C)sc3C)c(-c3cc4ccccc4oc3=O)s2)c1. The number of hydrazone groups is 1. The number of methoxy groups -OCH3 is 1. The highest BCUT2D eigenvalue weighted by Crippen LogP contribution is 2.41. The summed E-state index contributed by atoms with van der Waals surface area (Å²) in [6, 6.07) is 16.2. The number of phenols is 1. The first-order valence-electron chi connectivity index (χ1n) is 10.7. The van der Waals surface area contributed by atoms with Gasteiger partial charge in [-0.1, -0.05) is 29.5 Å². The zero-order valence-corrected chi connectivity index (χ0v) is 20.8. The highest BCUT2D eigenvalue weighted by atomic mass is 32.1. The maximum atomic E-state index is 12.9. The number of benzene rings is 2. The van der Waals surface area contributed by atoms with Gasteiger partial charge in [0.05, 0.1) is 29.5 Å². The van der Waals surface area contributed by atoms with Crippen molar-refractivity contribution in [2.24, 2.45) is 5.10 Å². The first-order chi connectivity index (χ1) is 16.9. The molecule has 0 aliphatic rings. The van der Waals surface area contributed by atoms with Crippen LogP contribution in [-0.2, 0) is 0 Å². The molecule has 0 amide bonds. The largest absolute Gasteiger partial charge is 0.507 e. The number of fused-ring (bicyclic) bond motifs is 1. The molecular formula is C26H21N3O4S2. The minimum atomic E-state index is -0.422. The molecule has 0 unspecified atom stereocenters. The third-order valence-electron chi connectivity index (χ3n) is 5.41. The minimum absolute atomic E-state index is 0.0787. The monoisotopic (exact) mass is 503 g/mol. The van der Waals surface area contributed by atoms with E-state index in [0.717, 1.165) is 20.7 Å². The summed E-state index contributed by atoms with van der Waals surface area (Å²) in [7, 11) is 1.56. The zero-order chi connectivity index (χ0) is 24.5. The van der Waals surface area contributed by atoms with Gasteiger partial charge in [0.15, 0.2) is 0 Å². The average molecular weight is 504 g/mol. The summed E-state index contributed by atoms with van der Waals surface area (Å²) in [5.41, 5.74) is 5.66. The van der Waals surface area contributed by atoms with Crippen LogP contribution in [0, 0.1) is 13.8 Å². The fraction of sp³-hybridized carbons (Fsp3) is 0.115. The quantitative estimate of drug-likeness (QED) is 0.158. The number of hydrogen-bond acceptors (Lipinski definition) is 9. The molecule has 0 saturated heterocycles. The second-order valence-electron chi connectivity index (χ2n) is 7.80. The van der Waals surface area contributed by atoms with Crippen molar-refractivity contribution in [1.29, 1.82) is 0 Å². The molecule has 35 heavy (non-hydrogen) atoms. The lowest BCUT2D eigenvalue weighted by molar-refractivity contribution is 0.412. The van der Waals surface area contributed by atoms with Gasteiger partial charge in [-0.25, -0.2) is 9.78 Å². The van der Waals surface area contributed by atoms with E-state index in [-0.39, 0.29) is 5.75 Å². The molecular weight excluding hydrogens is 482 g/mol. The van der Waals surface area contributed by atoms with E-state index in [4.69, 9.17) is 14.1 Å². The van der Waals surface area contributed by atoms with Gasteiger partial charge in [0.2, 0.25) is 5.13 Å². The summed E-state index contributed by atoms with van der Waals surface area (Å²) < 4.78 is 10.8. The first kappa shape index (κ1) is 22.8.